The zero-order valence-corrected chi connectivity index (χ0v) is 15.5. The van der Waals surface area contributed by atoms with Gasteiger partial charge in [0.2, 0.25) is 0 Å². The van der Waals surface area contributed by atoms with Gasteiger partial charge >= 0.3 is 0 Å². The predicted octanol–water partition coefficient (Wildman–Crippen LogP) is 3.66. The fourth-order valence-electron chi connectivity index (χ4n) is 2.65. The van der Waals surface area contributed by atoms with Crippen LogP contribution in [0.25, 0.3) is 0 Å². The topological polar surface area (TPSA) is 57.1 Å². The third-order valence-electron chi connectivity index (χ3n) is 4.00. The van der Waals surface area contributed by atoms with Gasteiger partial charge in [0.15, 0.2) is 0 Å². The van der Waals surface area contributed by atoms with Crippen molar-refractivity contribution in [2.75, 3.05) is 13.7 Å². The molecule has 0 amide bonds. The highest BCUT2D eigenvalue weighted by Crippen LogP contribution is 2.38. The highest BCUT2D eigenvalue weighted by molar-refractivity contribution is 7.09. The Morgan fingerprint density at radius 1 is 1.19 bits per heavy atom. The maximum Gasteiger partial charge on any atom is 0.149 e. The van der Waals surface area contributed by atoms with Crippen molar-refractivity contribution in [1.82, 2.24) is 15.0 Å². The minimum absolute atomic E-state index is 0.255. The summed E-state index contributed by atoms with van der Waals surface area (Å²) < 4.78 is 11.6. The fraction of sp³-hybridized carbons (Fsp3) is 0.250. The normalized spacial score (nSPS) is 12.7. The number of methoxy groups -OCH3 is 1. The summed E-state index contributed by atoms with van der Waals surface area (Å²) in [6, 6.07) is 7.55. The van der Waals surface area contributed by atoms with Crippen molar-refractivity contribution in [3.8, 4) is 17.6 Å². The Morgan fingerprint density at radius 2 is 2.12 bits per heavy atom. The van der Waals surface area contributed by atoms with Crippen LogP contribution in [-0.2, 0) is 10.3 Å². The van der Waals surface area contributed by atoms with Crippen LogP contribution in [0.2, 0.25) is 0 Å². The lowest BCUT2D eigenvalue weighted by Crippen LogP contribution is -2.29. The van der Waals surface area contributed by atoms with Gasteiger partial charge in [0.05, 0.1) is 6.20 Å². The van der Waals surface area contributed by atoms with E-state index in [0.717, 1.165) is 22.7 Å². The zero-order valence-electron chi connectivity index (χ0n) is 14.7. The number of hydrogen-bond acceptors (Lipinski definition) is 6. The summed E-state index contributed by atoms with van der Waals surface area (Å²) in [6.45, 7) is 2.32. The third-order valence-corrected chi connectivity index (χ3v) is 4.91. The molecule has 26 heavy (non-hydrogen) atoms. The van der Waals surface area contributed by atoms with Crippen molar-refractivity contribution in [1.29, 1.82) is 0 Å². The van der Waals surface area contributed by atoms with Crippen molar-refractivity contribution in [3.63, 3.8) is 0 Å². The molecule has 1 unspecified atom stereocenters. The van der Waals surface area contributed by atoms with Gasteiger partial charge in [-0.15, -0.1) is 11.3 Å². The quantitative estimate of drug-likeness (QED) is 0.624. The summed E-state index contributed by atoms with van der Waals surface area (Å²) in [4.78, 5) is 12.9. The molecule has 0 aliphatic heterocycles. The summed E-state index contributed by atoms with van der Waals surface area (Å²) in [5.41, 5.74) is 1.00. The minimum Gasteiger partial charge on any atom is -0.479 e. The molecule has 0 saturated carbocycles. The van der Waals surface area contributed by atoms with Gasteiger partial charge in [-0.05, 0) is 30.5 Å². The van der Waals surface area contributed by atoms with E-state index in [9.17, 15) is 0 Å². The van der Waals surface area contributed by atoms with E-state index in [1.165, 1.54) is 0 Å². The van der Waals surface area contributed by atoms with Gasteiger partial charge in [0.1, 0.15) is 28.7 Å². The average Bonchev–Trinajstić information content (AvgIpc) is 3.23. The predicted molar refractivity (Wildman–Crippen MR) is 101 cm³/mol. The van der Waals surface area contributed by atoms with Gasteiger partial charge in [-0.1, -0.05) is 18.9 Å². The van der Waals surface area contributed by atoms with Crippen LogP contribution >= 0.6 is 11.3 Å². The van der Waals surface area contributed by atoms with E-state index in [1.807, 2.05) is 29.6 Å². The number of rotatable bonds is 6. The van der Waals surface area contributed by atoms with Crippen LogP contribution in [0.1, 0.15) is 29.6 Å². The number of ether oxygens (including phenoxy) is 2. The molecule has 0 aliphatic rings. The fourth-order valence-corrected chi connectivity index (χ4v) is 3.56. The van der Waals surface area contributed by atoms with Gasteiger partial charge in [-0.2, -0.15) is 0 Å². The van der Waals surface area contributed by atoms with E-state index in [1.54, 1.807) is 43.2 Å². The van der Waals surface area contributed by atoms with Crippen LogP contribution in [0.4, 0.5) is 0 Å². The molecule has 0 fully saturated rings. The summed E-state index contributed by atoms with van der Waals surface area (Å²) in [7, 11) is 1.69. The van der Waals surface area contributed by atoms with Crippen molar-refractivity contribution in [2.24, 2.45) is 0 Å². The number of thiazole rings is 1. The van der Waals surface area contributed by atoms with E-state index < -0.39 is 5.60 Å². The Labute approximate surface area is 157 Å². The first-order valence-corrected chi connectivity index (χ1v) is 9.10. The Morgan fingerprint density at radius 3 is 2.81 bits per heavy atom. The molecule has 3 aromatic heterocycles. The third kappa shape index (κ3) is 3.90. The smallest absolute Gasteiger partial charge is 0.149 e. The van der Waals surface area contributed by atoms with Crippen LogP contribution in [-0.4, -0.2) is 28.7 Å². The summed E-state index contributed by atoms with van der Waals surface area (Å²) in [5, 5.41) is 2.84. The molecule has 0 spiro atoms. The minimum atomic E-state index is -0.625. The van der Waals surface area contributed by atoms with Crippen molar-refractivity contribution < 1.29 is 9.47 Å². The molecule has 3 aromatic rings. The molecule has 6 heteroatoms. The number of aromatic nitrogens is 3. The second-order valence-corrected chi connectivity index (χ2v) is 6.33. The molecule has 132 valence electrons. The first-order valence-electron chi connectivity index (χ1n) is 8.22. The van der Waals surface area contributed by atoms with Gasteiger partial charge in [-0.25, -0.2) is 9.97 Å². The Kier molecular flexibility index (Phi) is 5.95. The molecule has 5 nitrogen and oxygen atoms in total. The van der Waals surface area contributed by atoms with Crippen molar-refractivity contribution in [2.45, 2.75) is 18.9 Å². The standard InChI is InChI=1S/C20H19N3O2S/c1-3-20(24-2,19-23-10-12-26-19)16-13-18(15-21-14-16)25-11-6-8-17-7-4-5-9-22-17/h4-5,7,9-10,12-15H,3,11H2,1-2H3. The number of hydrogen-bond donors (Lipinski definition) is 0. The molecule has 0 bridgehead atoms. The molecular formula is C20H19N3O2S. The molecule has 0 aromatic carbocycles. The lowest BCUT2D eigenvalue weighted by Gasteiger charge is -2.29. The molecule has 0 saturated heterocycles. The van der Waals surface area contributed by atoms with Crippen LogP contribution in [0, 0.1) is 11.8 Å². The summed E-state index contributed by atoms with van der Waals surface area (Å²) in [5.74, 6) is 6.57. The Balaban J connectivity index is 1.76. The van der Waals surface area contributed by atoms with Gasteiger partial charge < -0.3 is 9.47 Å². The van der Waals surface area contributed by atoms with E-state index in [0.29, 0.717) is 5.75 Å². The van der Waals surface area contributed by atoms with E-state index >= 15 is 0 Å². The summed E-state index contributed by atoms with van der Waals surface area (Å²) in [6.07, 6.45) is 7.70. The van der Waals surface area contributed by atoms with Gasteiger partial charge in [0.25, 0.3) is 0 Å². The van der Waals surface area contributed by atoms with Gasteiger partial charge in [-0.3, -0.25) is 4.98 Å². The van der Waals surface area contributed by atoms with E-state index in [2.05, 4.69) is 33.7 Å². The lowest BCUT2D eigenvalue weighted by molar-refractivity contribution is 0.0179. The Bertz CT molecular complexity index is 882. The van der Waals surface area contributed by atoms with Crippen molar-refractivity contribution >= 4 is 11.3 Å². The van der Waals surface area contributed by atoms with E-state index in [4.69, 9.17) is 9.47 Å². The average molecular weight is 365 g/mol. The van der Waals surface area contributed by atoms with Gasteiger partial charge in [0, 0.05) is 36.6 Å². The Hall–Kier alpha value is -2.75. The van der Waals surface area contributed by atoms with Crippen LogP contribution in [0.15, 0.2) is 54.4 Å². The molecule has 0 aliphatic carbocycles. The largest absolute Gasteiger partial charge is 0.479 e. The highest BCUT2D eigenvalue weighted by Gasteiger charge is 2.35. The van der Waals surface area contributed by atoms with Crippen molar-refractivity contribution in [3.05, 3.63) is 70.7 Å². The number of nitrogens with zero attached hydrogens (tertiary/aromatic N) is 3. The van der Waals surface area contributed by atoms with Crippen LogP contribution < -0.4 is 4.74 Å². The van der Waals surface area contributed by atoms with Crippen LogP contribution in [0.3, 0.4) is 0 Å². The molecule has 1 atom stereocenters. The second-order valence-electron chi connectivity index (χ2n) is 5.44. The molecule has 3 rings (SSSR count). The first kappa shape index (κ1) is 18.1. The first-order chi connectivity index (χ1) is 12.8. The molecular weight excluding hydrogens is 346 g/mol. The number of pyridine rings is 2. The molecule has 0 radical (unpaired) electrons. The highest BCUT2D eigenvalue weighted by atomic mass is 32.1. The maximum absolute atomic E-state index is 5.87. The monoisotopic (exact) mass is 365 g/mol. The second kappa shape index (κ2) is 8.56. The molecule has 3 heterocycles. The SMILES string of the molecule is CCC(OC)(c1cncc(OCC#Cc2ccccn2)c1)c1nccs1. The zero-order chi connectivity index (χ0) is 18.2. The summed E-state index contributed by atoms with van der Waals surface area (Å²) >= 11 is 1.56. The maximum atomic E-state index is 5.87. The molecule has 0 N–H and O–H groups in total. The van der Waals surface area contributed by atoms with E-state index in [-0.39, 0.29) is 6.61 Å². The lowest BCUT2D eigenvalue weighted by atomic mass is 9.92. The van der Waals surface area contributed by atoms with Crippen LogP contribution in [0.5, 0.6) is 5.75 Å².